The highest BCUT2D eigenvalue weighted by atomic mass is 35.5. The highest BCUT2D eigenvalue weighted by molar-refractivity contribution is 7.09. The van der Waals surface area contributed by atoms with Gasteiger partial charge in [-0.25, -0.2) is 4.98 Å². The van der Waals surface area contributed by atoms with E-state index in [1.54, 1.807) is 11.3 Å². The molecule has 0 amide bonds. The Morgan fingerprint density at radius 3 is 2.93 bits per heavy atom. The molecule has 0 aliphatic heterocycles. The van der Waals surface area contributed by atoms with Crippen LogP contribution >= 0.6 is 22.9 Å². The summed E-state index contributed by atoms with van der Waals surface area (Å²) in [6, 6.07) is 0. The molecule has 3 heteroatoms. The van der Waals surface area contributed by atoms with Crippen molar-refractivity contribution in [3.63, 3.8) is 0 Å². The molecule has 1 unspecified atom stereocenters. The van der Waals surface area contributed by atoms with Gasteiger partial charge in [-0.1, -0.05) is 12.2 Å². The number of aromatic nitrogens is 1. The lowest BCUT2D eigenvalue weighted by atomic mass is 9.75. The number of hydrogen-bond acceptors (Lipinski definition) is 2. The zero-order chi connectivity index (χ0) is 10.7. The predicted octanol–water partition coefficient (Wildman–Crippen LogP) is 3.96. The number of nitrogens with zero attached hydrogens (tertiary/aromatic N) is 1. The third kappa shape index (κ3) is 2.61. The van der Waals surface area contributed by atoms with E-state index >= 15 is 0 Å². The first kappa shape index (κ1) is 11.2. The Hall–Kier alpha value is -0.340. The van der Waals surface area contributed by atoms with Crippen LogP contribution < -0.4 is 0 Å². The van der Waals surface area contributed by atoms with Gasteiger partial charge in [0.2, 0.25) is 0 Å². The SMILES string of the molecule is Cc1nc(CC2(CCl)CC=CCC2)cs1. The van der Waals surface area contributed by atoms with Gasteiger partial charge in [0.25, 0.3) is 0 Å². The zero-order valence-corrected chi connectivity index (χ0v) is 10.6. The van der Waals surface area contributed by atoms with Crippen LogP contribution in [0.4, 0.5) is 0 Å². The second-order valence-electron chi connectivity index (χ2n) is 4.38. The van der Waals surface area contributed by atoms with Gasteiger partial charge in [0.15, 0.2) is 0 Å². The molecule has 1 atom stereocenters. The summed E-state index contributed by atoms with van der Waals surface area (Å²) in [6.07, 6.45) is 9.03. The molecule has 0 bridgehead atoms. The fourth-order valence-corrected chi connectivity index (χ4v) is 3.10. The Kier molecular flexibility index (Phi) is 3.47. The lowest BCUT2D eigenvalue weighted by Crippen LogP contribution is -2.27. The smallest absolute Gasteiger partial charge is 0.0897 e. The quantitative estimate of drug-likeness (QED) is 0.577. The minimum atomic E-state index is 0.261. The van der Waals surface area contributed by atoms with Crippen molar-refractivity contribution >= 4 is 22.9 Å². The van der Waals surface area contributed by atoms with Crippen molar-refractivity contribution in [2.45, 2.75) is 32.6 Å². The van der Waals surface area contributed by atoms with Gasteiger partial charge < -0.3 is 0 Å². The molecule has 82 valence electrons. The molecule has 0 aromatic carbocycles. The normalized spacial score (nSPS) is 25.7. The van der Waals surface area contributed by atoms with Gasteiger partial charge >= 0.3 is 0 Å². The molecule has 0 radical (unpaired) electrons. The van der Waals surface area contributed by atoms with E-state index in [4.69, 9.17) is 11.6 Å². The summed E-state index contributed by atoms with van der Waals surface area (Å²) in [5.74, 6) is 0.744. The summed E-state index contributed by atoms with van der Waals surface area (Å²) in [6.45, 7) is 2.06. The second kappa shape index (κ2) is 4.67. The van der Waals surface area contributed by atoms with Gasteiger partial charge in [0.1, 0.15) is 0 Å². The Morgan fingerprint density at radius 2 is 2.40 bits per heavy atom. The first-order valence-electron chi connectivity index (χ1n) is 5.36. The molecule has 0 saturated heterocycles. The number of alkyl halides is 1. The van der Waals surface area contributed by atoms with Gasteiger partial charge in [-0.15, -0.1) is 22.9 Å². The van der Waals surface area contributed by atoms with Crippen LogP contribution in [0.2, 0.25) is 0 Å². The summed E-state index contributed by atoms with van der Waals surface area (Å²) in [7, 11) is 0. The van der Waals surface area contributed by atoms with Gasteiger partial charge in [-0.05, 0) is 38.0 Å². The molecule has 1 aromatic rings. The van der Waals surface area contributed by atoms with E-state index in [9.17, 15) is 0 Å². The van der Waals surface area contributed by atoms with Crippen LogP contribution in [0.5, 0.6) is 0 Å². The Balaban J connectivity index is 2.10. The van der Waals surface area contributed by atoms with Crippen LogP contribution in [0, 0.1) is 12.3 Å². The standard InChI is InChI=1S/C12H16ClNS/c1-10-14-11(8-15-10)7-12(9-13)5-3-2-4-6-12/h2-3,8H,4-7,9H2,1H3. The summed E-state index contributed by atoms with van der Waals surface area (Å²) in [4.78, 5) is 4.53. The molecule has 0 fully saturated rings. The average Bonchev–Trinajstić information content (AvgIpc) is 2.65. The van der Waals surface area contributed by atoms with Gasteiger partial charge in [0, 0.05) is 11.3 Å². The number of allylic oxidation sites excluding steroid dienone is 2. The minimum absolute atomic E-state index is 0.261. The van der Waals surface area contributed by atoms with E-state index in [1.807, 2.05) is 0 Å². The van der Waals surface area contributed by atoms with Crippen molar-refractivity contribution in [3.8, 4) is 0 Å². The van der Waals surface area contributed by atoms with Crippen molar-refractivity contribution in [2.24, 2.45) is 5.41 Å². The van der Waals surface area contributed by atoms with Crippen LogP contribution in [0.1, 0.15) is 30.0 Å². The highest BCUT2D eigenvalue weighted by Crippen LogP contribution is 2.37. The third-order valence-corrected chi connectivity index (χ3v) is 4.45. The number of thiazole rings is 1. The average molecular weight is 242 g/mol. The Bertz CT molecular complexity index is 358. The molecule has 1 aromatic heterocycles. The Morgan fingerprint density at radius 1 is 1.53 bits per heavy atom. The van der Waals surface area contributed by atoms with Crippen molar-refractivity contribution in [3.05, 3.63) is 28.2 Å². The van der Waals surface area contributed by atoms with E-state index in [0.717, 1.165) is 30.2 Å². The Labute approximate surface area is 100 Å². The van der Waals surface area contributed by atoms with E-state index in [1.165, 1.54) is 12.1 Å². The van der Waals surface area contributed by atoms with Crippen LogP contribution in [-0.2, 0) is 6.42 Å². The number of rotatable bonds is 3. The van der Waals surface area contributed by atoms with Crippen molar-refractivity contribution in [2.75, 3.05) is 5.88 Å². The maximum atomic E-state index is 6.14. The fraction of sp³-hybridized carbons (Fsp3) is 0.583. The largest absolute Gasteiger partial charge is 0.247 e. The number of aryl methyl sites for hydroxylation is 1. The molecule has 0 spiro atoms. The van der Waals surface area contributed by atoms with Crippen LogP contribution in [0.3, 0.4) is 0 Å². The molecule has 0 N–H and O–H groups in total. The summed E-state index contributed by atoms with van der Waals surface area (Å²) in [5.41, 5.74) is 1.48. The molecular weight excluding hydrogens is 226 g/mol. The van der Waals surface area contributed by atoms with E-state index in [2.05, 4.69) is 29.4 Å². The lowest BCUT2D eigenvalue weighted by molar-refractivity contribution is 0.293. The molecule has 0 saturated carbocycles. The van der Waals surface area contributed by atoms with Crippen LogP contribution in [0.25, 0.3) is 0 Å². The monoisotopic (exact) mass is 241 g/mol. The van der Waals surface area contributed by atoms with Gasteiger partial charge in [-0.3, -0.25) is 0 Å². The summed E-state index contributed by atoms with van der Waals surface area (Å²) >= 11 is 7.87. The molecule has 2 rings (SSSR count). The number of halogens is 1. The maximum absolute atomic E-state index is 6.14. The molecule has 15 heavy (non-hydrogen) atoms. The van der Waals surface area contributed by atoms with Gasteiger partial charge in [0.05, 0.1) is 10.7 Å². The van der Waals surface area contributed by atoms with Crippen molar-refractivity contribution in [1.29, 1.82) is 0 Å². The summed E-state index contributed by atoms with van der Waals surface area (Å²) < 4.78 is 0. The van der Waals surface area contributed by atoms with Gasteiger partial charge in [-0.2, -0.15) is 0 Å². The van der Waals surface area contributed by atoms with E-state index < -0.39 is 0 Å². The first-order valence-corrected chi connectivity index (χ1v) is 6.77. The number of hydrogen-bond donors (Lipinski definition) is 0. The lowest BCUT2D eigenvalue weighted by Gasteiger charge is -2.32. The topological polar surface area (TPSA) is 12.9 Å². The molecular formula is C12H16ClNS. The first-order chi connectivity index (χ1) is 7.24. The predicted molar refractivity (Wildman–Crippen MR) is 66.7 cm³/mol. The highest BCUT2D eigenvalue weighted by Gasteiger charge is 2.30. The maximum Gasteiger partial charge on any atom is 0.0897 e. The van der Waals surface area contributed by atoms with Crippen LogP contribution in [-0.4, -0.2) is 10.9 Å². The fourth-order valence-electron chi connectivity index (χ4n) is 2.15. The molecule has 1 aliphatic rings. The van der Waals surface area contributed by atoms with Crippen LogP contribution in [0.15, 0.2) is 17.5 Å². The van der Waals surface area contributed by atoms with Crippen molar-refractivity contribution in [1.82, 2.24) is 4.98 Å². The van der Waals surface area contributed by atoms with Crippen molar-refractivity contribution < 1.29 is 0 Å². The third-order valence-electron chi connectivity index (χ3n) is 3.07. The minimum Gasteiger partial charge on any atom is -0.247 e. The second-order valence-corrected chi connectivity index (χ2v) is 5.71. The van der Waals surface area contributed by atoms with E-state index in [-0.39, 0.29) is 5.41 Å². The molecule has 1 nitrogen and oxygen atoms in total. The molecule has 1 aliphatic carbocycles. The van der Waals surface area contributed by atoms with E-state index in [0.29, 0.717) is 0 Å². The molecule has 1 heterocycles. The summed E-state index contributed by atoms with van der Waals surface area (Å²) in [5, 5.41) is 3.32. The zero-order valence-electron chi connectivity index (χ0n) is 9.00.